The number of carbonyl (C=O) groups is 1. The van der Waals surface area contributed by atoms with Crippen LogP contribution in [0.5, 0.6) is 0 Å². The molecule has 0 bridgehead atoms. The summed E-state index contributed by atoms with van der Waals surface area (Å²) in [6.45, 7) is 6.69. The lowest BCUT2D eigenvalue weighted by Gasteiger charge is -2.39. The Labute approximate surface area is 109 Å². The molecule has 18 heavy (non-hydrogen) atoms. The summed E-state index contributed by atoms with van der Waals surface area (Å²) in [4.78, 5) is 12.8. The van der Waals surface area contributed by atoms with Crippen LogP contribution in [-0.4, -0.2) is 48.3 Å². The second kappa shape index (κ2) is 5.45. The first-order valence-corrected chi connectivity index (χ1v) is 6.91. The number of hydrogen-bond acceptors (Lipinski definition) is 3. The van der Waals surface area contributed by atoms with Crippen molar-refractivity contribution in [2.45, 2.75) is 57.2 Å². The second-order valence-corrected chi connectivity index (χ2v) is 6.06. The molecule has 2 aliphatic heterocycles. The van der Waals surface area contributed by atoms with Crippen molar-refractivity contribution in [3.05, 3.63) is 0 Å². The third kappa shape index (κ3) is 3.59. The fourth-order valence-electron chi connectivity index (χ4n) is 2.97. The Balaban J connectivity index is 1.76. The minimum Gasteiger partial charge on any atom is -0.375 e. The molecule has 2 fully saturated rings. The van der Waals surface area contributed by atoms with E-state index in [0.717, 1.165) is 45.4 Å². The highest BCUT2D eigenvalue weighted by Crippen LogP contribution is 2.25. The third-order valence-electron chi connectivity index (χ3n) is 3.98. The first kappa shape index (κ1) is 13.6. The third-order valence-corrected chi connectivity index (χ3v) is 3.98. The number of piperidine rings is 1. The average Bonchev–Trinajstić information content (AvgIpc) is 2.28. The molecule has 1 atom stereocenters. The predicted octanol–water partition coefficient (Wildman–Crippen LogP) is 1.08. The normalized spacial score (nSPS) is 29.2. The molecule has 2 heterocycles. The smallest absolute Gasteiger partial charge is 0.314 e. The Bertz CT molecular complexity index is 299. The number of rotatable bonds is 2. The molecular weight excluding hydrogens is 230 g/mol. The summed E-state index contributed by atoms with van der Waals surface area (Å²) in [6.07, 6.45) is 4.14. The van der Waals surface area contributed by atoms with Gasteiger partial charge in [0.05, 0.1) is 5.60 Å². The van der Waals surface area contributed by atoms with Crippen molar-refractivity contribution in [2.24, 2.45) is 5.73 Å². The van der Waals surface area contributed by atoms with Crippen molar-refractivity contribution in [3.63, 3.8) is 0 Å². The lowest BCUT2D eigenvalue weighted by atomic mass is 9.92. The summed E-state index contributed by atoms with van der Waals surface area (Å²) in [5.74, 6) is 0. The molecule has 0 saturated carbocycles. The first-order chi connectivity index (χ1) is 8.46. The summed E-state index contributed by atoms with van der Waals surface area (Å²) in [6, 6.07) is 0.763. The van der Waals surface area contributed by atoms with Gasteiger partial charge < -0.3 is 20.7 Å². The molecule has 0 aliphatic carbocycles. The zero-order valence-electron chi connectivity index (χ0n) is 11.4. The molecule has 1 unspecified atom stereocenters. The van der Waals surface area contributed by atoms with Gasteiger partial charge in [0.1, 0.15) is 0 Å². The molecule has 5 nitrogen and oxygen atoms in total. The molecule has 2 saturated heterocycles. The van der Waals surface area contributed by atoms with E-state index in [1.54, 1.807) is 4.90 Å². The monoisotopic (exact) mass is 255 g/mol. The zero-order valence-corrected chi connectivity index (χ0v) is 11.4. The first-order valence-electron chi connectivity index (χ1n) is 6.91. The van der Waals surface area contributed by atoms with Gasteiger partial charge in [-0.05, 0) is 39.5 Å². The number of nitrogens with one attached hydrogen (secondary N) is 1. The minimum atomic E-state index is -0.291. The molecule has 0 aromatic heterocycles. The van der Waals surface area contributed by atoms with Gasteiger partial charge in [0, 0.05) is 31.8 Å². The topological polar surface area (TPSA) is 67.6 Å². The quantitative estimate of drug-likeness (QED) is 0.776. The van der Waals surface area contributed by atoms with Crippen LogP contribution in [0.1, 0.15) is 39.5 Å². The predicted molar refractivity (Wildman–Crippen MR) is 70.4 cm³/mol. The molecular formula is C13H25N3O2. The van der Waals surface area contributed by atoms with Crippen molar-refractivity contribution in [3.8, 4) is 0 Å². The van der Waals surface area contributed by atoms with Gasteiger partial charge in [0.25, 0.3) is 0 Å². The molecule has 2 amide bonds. The number of nitrogens with zero attached hydrogens (tertiary/aromatic N) is 1. The molecule has 3 N–H and O–H groups in total. The molecule has 104 valence electrons. The number of hydrogen-bond donors (Lipinski definition) is 2. The zero-order chi connectivity index (χ0) is 13.2. The standard InChI is InChI=1S/C13H25N3O2/c1-13(2)9-11(5-8-18-13)15-10-3-6-16(7-4-10)12(14)17/h10-11,15H,3-9H2,1-2H3,(H2,14,17). The highest BCUT2D eigenvalue weighted by molar-refractivity contribution is 5.72. The summed E-state index contributed by atoms with van der Waals surface area (Å²) in [7, 11) is 0. The lowest BCUT2D eigenvalue weighted by molar-refractivity contribution is -0.0647. The SMILES string of the molecule is CC1(C)CC(NC2CCN(C(N)=O)CC2)CCO1. The van der Waals surface area contributed by atoms with Gasteiger partial charge in [0.2, 0.25) is 0 Å². The Morgan fingerprint density at radius 2 is 1.94 bits per heavy atom. The van der Waals surface area contributed by atoms with Gasteiger partial charge in [-0.2, -0.15) is 0 Å². The average molecular weight is 255 g/mol. The molecule has 2 rings (SSSR count). The number of nitrogens with two attached hydrogens (primary N) is 1. The highest BCUT2D eigenvalue weighted by atomic mass is 16.5. The Morgan fingerprint density at radius 3 is 2.50 bits per heavy atom. The molecule has 0 aromatic rings. The Morgan fingerprint density at radius 1 is 1.28 bits per heavy atom. The number of likely N-dealkylation sites (tertiary alicyclic amines) is 1. The summed E-state index contributed by atoms with van der Waals surface area (Å²) >= 11 is 0. The summed E-state index contributed by atoms with van der Waals surface area (Å²) < 4.78 is 5.72. The van der Waals surface area contributed by atoms with E-state index in [0.29, 0.717) is 12.1 Å². The van der Waals surface area contributed by atoms with Gasteiger partial charge in [0.15, 0.2) is 0 Å². The van der Waals surface area contributed by atoms with E-state index >= 15 is 0 Å². The van der Waals surface area contributed by atoms with E-state index in [2.05, 4.69) is 19.2 Å². The van der Waals surface area contributed by atoms with E-state index < -0.39 is 0 Å². The maximum atomic E-state index is 11.0. The number of urea groups is 1. The van der Waals surface area contributed by atoms with Crippen LogP contribution in [0.3, 0.4) is 0 Å². The Hall–Kier alpha value is -0.810. The van der Waals surface area contributed by atoms with E-state index in [1.165, 1.54) is 0 Å². The van der Waals surface area contributed by atoms with Gasteiger partial charge in [-0.15, -0.1) is 0 Å². The maximum absolute atomic E-state index is 11.0. The van der Waals surface area contributed by atoms with Crippen LogP contribution in [0.25, 0.3) is 0 Å². The Kier molecular flexibility index (Phi) is 4.12. The van der Waals surface area contributed by atoms with Crippen molar-refractivity contribution < 1.29 is 9.53 Å². The van der Waals surface area contributed by atoms with Gasteiger partial charge in [-0.3, -0.25) is 0 Å². The van der Waals surface area contributed by atoms with Crippen LogP contribution in [0.4, 0.5) is 4.79 Å². The van der Waals surface area contributed by atoms with Crippen LogP contribution in [0.2, 0.25) is 0 Å². The molecule has 0 spiro atoms. The molecule has 5 heteroatoms. The number of primary amides is 1. The number of ether oxygens (including phenoxy) is 1. The van der Waals surface area contributed by atoms with E-state index in [-0.39, 0.29) is 11.6 Å². The maximum Gasteiger partial charge on any atom is 0.314 e. The van der Waals surface area contributed by atoms with Crippen LogP contribution >= 0.6 is 0 Å². The van der Waals surface area contributed by atoms with Crippen molar-refractivity contribution in [2.75, 3.05) is 19.7 Å². The summed E-state index contributed by atoms with van der Waals surface area (Å²) in [5, 5.41) is 3.71. The molecule has 0 aromatic carbocycles. The van der Waals surface area contributed by atoms with Crippen molar-refractivity contribution >= 4 is 6.03 Å². The lowest BCUT2D eigenvalue weighted by Crippen LogP contribution is -2.52. The van der Waals surface area contributed by atoms with Crippen LogP contribution in [0.15, 0.2) is 0 Å². The van der Waals surface area contributed by atoms with Crippen molar-refractivity contribution in [1.29, 1.82) is 0 Å². The van der Waals surface area contributed by atoms with Crippen molar-refractivity contribution in [1.82, 2.24) is 10.2 Å². The van der Waals surface area contributed by atoms with E-state index in [1.807, 2.05) is 0 Å². The molecule has 2 aliphatic rings. The highest BCUT2D eigenvalue weighted by Gasteiger charge is 2.31. The van der Waals surface area contributed by atoms with Gasteiger partial charge in [-0.25, -0.2) is 4.79 Å². The number of amides is 2. The second-order valence-electron chi connectivity index (χ2n) is 6.06. The van der Waals surface area contributed by atoms with Gasteiger partial charge >= 0.3 is 6.03 Å². The molecule has 0 radical (unpaired) electrons. The van der Waals surface area contributed by atoms with Crippen LogP contribution < -0.4 is 11.1 Å². The van der Waals surface area contributed by atoms with E-state index in [9.17, 15) is 4.79 Å². The van der Waals surface area contributed by atoms with Crippen LogP contribution in [-0.2, 0) is 4.74 Å². The summed E-state index contributed by atoms with van der Waals surface area (Å²) in [5.41, 5.74) is 5.27. The number of carbonyl (C=O) groups excluding carboxylic acids is 1. The van der Waals surface area contributed by atoms with Crippen LogP contribution in [0, 0.1) is 0 Å². The largest absolute Gasteiger partial charge is 0.375 e. The van der Waals surface area contributed by atoms with Gasteiger partial charge in [-0.1, -0.05) is 0 Å². The fourth-order valence-corrected chi connectivity index (χ4v) is 2.97. The van der Waals surface area contributed by atoms with E-state index in [4.69, 9.17) is 10.5 Å². The minimum absolute atomic E-state index is 0.0101. The fraction of sp³-hybridized carbons (Fsp3) is 0.923.